The van der Waals surface area contributed by atoms with Gasteiger partial charge in [0.25, 0.3) is 0 Å². The Balaban J connectivity index is -0.0000000720. The van der Waals surface area contributed by atoms with Gasteiger partial charge in [-0.05, 0) is 0 Å². The van der Waals surface area contributed by atoms with E-state index >= 15 is 0 Å². The van der Waals surface area contributed by atoms with Crippen LogP contribution in [0.15, 0.2) is 0 Å². The van der Waals surface area contributed by atoms with E-state index in [9.17, 15) is 0 Å². The van der Waals surface area contributed by atoms with E-state index in [2.05, 4.69) is 11.5 Å². The summed E-state index contributed by atoms with van der Waals surface area (Å²) < 4.78 is 0. The number of nitrogens with two attached hydrogens (primary N) is 2. The molecule has 0 aliphatic rings. The summed E-state index contributed by atoms with van der Waals surface area (Å²) in [6.45, 7) is 0. The van der Waals surface area contributed by atoms with Gasteiger partial charge in [0.15, 0.2) is 0 Å². The second kappa shape index (κ2) is 10.00. The molecule has 0 atom stereocenters. The van der Waals surface area contributed by atoms with E-state index in [0.717, 1.165) is 0 Å². The number of primary amides is 2. The molecule has 0 aliphatic carbocycles. The average Bonchev–Trinajstić information content (AvgIpc) is 1.25. The molecule has 0 aromatic carbocycles. The van der Waals surface area contributed by atoms with Crippen molar-refractivity contribution in [2.75, 3.05) is 0 Å². The molecule has 0 aromatic heterocycles. The maximum atomic E-state index is 8.78. The highest BCUT2D eigenvalue weighted by atomic mass is 32.1. The largest absolute Gasteiger partial charge is 0.465 e. The zero-order valence-electron chi connectivity index (χ0n) is 4.27. The van der Waals surface area contributed by atoms with E-state index < -0.39 is 12.2 Å². The predicted molar refractivity (Wildman–Crippen MR) is 32.0 cm³/mol. The highest BCUT2D eigenvalue weighted by molar-refractivity contribution is 7.59. The van der Waals surface area contributed by atoms with Crippen LogP contribution in [-0.4, -0.2) is 22.4 Å². The third-order valence-corrected chi connectivity index (χ3v) is 0. The van der Waals surface area contributed by atoms with Gasteiger partial charge in [0.05, 0.1) is 0 Å². The molecule has 9 heavy (non-hydrogen) atoms. The number of hydrogen-bond donors (Lipinski definition) is 4. The summed E-state index contributed by atoms with van der Waals surface area (Å²) >= 11 is 0. The molecule has 0 heterocycles. The molecular formula is C2H6N2O4S. The minimum absolute atomic E-state index is 0. The molecule has 0 saturated heterocycles. The van der Waals surface area contributed by atoms with Crippen LogP contribution < -0.4 is 11.5 Å². The third kappa shape index (κ3) is 134. The van der Waals surface area contributed by atoms with Gasteiger partial charge in [0.2, 0.25) is 0 Å². The van der Waals surface area contributed by atoms with Gasteiger partial charge in [0.1, 0.15) is 0 Å². The number of carbonyl (C=O) groups is 2. The maximum absolute atomic E-state index is 8.78. The smallest absolute Gasteiger partial charge is 0.402 e. The fourth-order valence-corrected chi connectivity index (χ4v) is 0. The van der Waals surface area contributed by atoms with E-state index in [-0.39, 0.29) is 13.5 Å². The predicted octanol–water partition coefficient (Wildman–Crippen LogP) is -0.106. The summed E-state index contributed by atoms with van der Waals surface area (Å²) in [5.41, 5.74) is 8.06. The summed E-state index contributed by atoms with van der Waals surface area (Å²) in [5, 5.41) is 14.4. The SMILES string of the molecule is NC(=O)O.NC(=O)O.[S]. The van der Waals surface area contributed by atoms with Crippen LogP contribution in [0.2, 0.25) is 0 Å². The van der Waals surface area contributed by atoms with Gasteiger partial charge in [-0.1, -0.05) is 0 Å². The van der Waals surface area contributed by atoms with Crippen molar-refractivity contribution < 1.29 is 19.8 Å². The number of amides is 2. The Morgan fingerprint density at radius 3 is 1.00 bits per heavy atom. The Bertz CT molecular complexity index is 74.6. The van der Waals surface area contributed by atoms with Crippen molar-refractivity contribution >= 4 is 25.7 Å². The lowest BCUT2D eigenvalue weighted by Crippen LogP contribution is -2.03. The maximum Gasteiger partial charge on any atom is 0.402 e. The van der Waals surface area contributed by atoms with E-state index in [0.29, 0.717) is 0 Å². The highest BCUT2D eigenvalue weighted by Gasteiger charge is 1.65. The second-order valence-electron chi connectivity index (χ2n) is 0.676. The van der Waals surface area contributed by atoms with Crippen LogP contribution in [0.5, 0.6) is 0 Å². The van der Waals surface area contributed by atoms with Crippen molar-refractivity contribution in [2.24, 2.45) is 11.5 Å². The highest BCUT2D eigenvalue weighted by Crippen LogP contribution is 1.35. The number of hydrogen-bond acceptors (Lipinski definition) is 2. The van der Waals surface area contributed by atoms with E-state index in [1.54, 1.807) is 0 Å². The summed E-state index contributed by atoms with van der Waals surface area (Å²) in [5.74, 6) is 0. The van der Waals surface area contributed by atoms with Crippen LogP contribution in [0.4, 0.5) is 9.59 Å². The summed E-state index contributed by atoms with van der Waals surface area (Å²) in [6.07, 6.45) is -2.67. The van der Waals surface area contributed by atoms with Gasteiger partial charge in [0, 0.05) is 13.5 Å². The Kier molecular flexibility index (Phi) is 17.4. The van der Waals surface area contributed by atoms with Crippen LogP contribution >= 0.6 is 13.5 Å². The first-order valence-corrected chi connectivity index (χ1v) is 1.43. The first kappa shape index (κ1) is 15.7. The zero-order chi connectivity index (χ0) is 7.15. The Morgan fingerprint density at radius 2 is 1.00 bits per heavy atom. The standard InChI is InChI=1S/2CH3NO2.S/c2*2-1(3)4;/h2*2H2,(H,3,4);. The number of carboxylic acid groups (broad SMARTS) is 2. The molecule has 0 aromatic rings. The topological polar surface area (TPSA) is 127 Å². The van der Waals surface area contributed by atoms with Crippen molar-refractivity contribution in [1.82, 2.24) is 0 Å². The van der Waals surface area contributed by atoms with Gasteiger partial charge >= 0.3 is 12.2 Å². The van der Waals surface area contributed by atoms with Crippen LogP contribution in [0, 0.1) is 0 Å². The lowest BCUT2D eigenvalue weighted by atomic mass is 11.3. The van der Waals surface area contributed by atoms with Crippen LogP contribution in [0.1, 0.15) is 0 Å². The molecule has 2 amide bonds. The quantitative estimate of drug-likeness (QED) is 0.388. The van der Waals surface area contributed by atoms with Gasteiger partial charge in [-0.3, -0.25) is 0 Å². The summed E-state index contributed by atoms with van der Waals surface area (Å²) in [6, 6.07) is 0. The van der Waals surface area contributed by atoms with Crippen molar-refractivity contribution in [3.63, 3.8) is 0 Å². The average molecular weight is 154 g/mol. The minimum atomic E-state index is -1.33. The Hall–Kier alpha value is -1.11. The molecule has 0 saturated carbocycles. The van der Waals surface area contributed by atoms with Gasteiger partial charge in [-0.2, -0.15) is 0 Å². The molecule has 7 heteroatoms. The van der Waals surface area contributed by atoms with E-state index in [1.807, 2.05) is 0 Å². The van der Waals surface area contributed by atoms with Crippen molar-refractivity contribution in [3.8, 4) is 0 Å². The van der Waals surface area contributed by atoms with E-state index in [1.165, 1.54) is 0 Å². The van der Waals surface area contributed by atoms with E-state index in [4.69, 9.17) is 19.8 Å². The molecule has 2 radical (unpaired) electrons. The third-order valence-electron chi connectivity index (χ3n) is 0. The molecule has 0 fully saturated rings. The monoisotopic (exact) mass is 154 g/mol. The number of rotatable bonds is 0. The molecule has 0 bridgehead atoms. The fraction of sp³-hybridized carbons (Fsp3) is 0. The summed E-state index contributed by atoms with van der Waals surface area (Å²) in [4.78, 5) is 17.6. The second-order valence-corrected chi connectivity index (χ2v) is 0.676. The molecule has 0 unspecified atom stereocenters. The van der Waals surface area contributed by atoms with Crippen LogP contribution in [0.25, 0.3) is 0 Å². The molecule has 54 valence electrons. The van der Waals surface area contributed by atoms with Crippen molar-refractivity contribution in [2.45, 2.75) is 0 Å². The Morgan fingerprint density at radius 1 is 1.00 bits per heavy atom. The molecule has 0 spiro atoms. The molecule has 6 N–H and O–H groups in total. The molecular weight excluding hydrogens is 148 g/mol. The fourth-order valence-electron chi connectivity index (χ4n) is 0. The lowest BCUT2D eigenvalue weighted by Gasteiger charge is -1.61. The summed E-state index contributed by atoms with van der Waals surface area (Å²) in [7, 11) is 0. The van der Waals surface area contributed by atoms with Gasteiger partial charge in [-0.25, -0.2) is 9.59 Å². The van der Waals surface area contributed by atoms with Gasteiger partial charge in [-0.15, -0.1) is 0 Å². The Labute approximate surface area is 57.9 Å². The molecule has 0 aliphatic heterocycles. The van der Waals surface area contributed by atoms with Crippen molar-refractivity contribution in [1.29, 1.82) is 0 Å². The normalized spacial score (nSPS) is 5.33. The lowest BCUT2D eigenvalue weighted by molar-refractivity contribution is 0.204. The van der Waals surface area contributed by atoms with Gasteiger partial charge < -0.3 is 21.7 Å². The molecule has 0 rings (SSSR count). The minimum Gasteiger partial charge on any atom is -0.465 e. The van der Waals surface area contributed by atoms with Crippen LogP contribution in [-0.2, 0) is 0 Å². The first-order chi connectivity index (χ1) is 3.46. The van der Waals surface area contributed by atoms with Crippen LogP contribution in [0.3, 0.4) is 0 Å². The van der Waals surface area contributed by atoms with Crippen molar-refractivity contribution in [3.05, 3.63) is 0 Å². The zero-order valence-corrected chi connectivity index (χ0v) is 5.09. The first-order valence-electron chi connectivity index (χ1n) is 1.43. The molecule has 6 nitrogen and oxygen atoms in total.